The molecule has 1 aromatic heterocycles. The van der Waals surface area contributed by atoms with Crippen LogP contribution in [0.3, 0.4) is 0 Å². The van der Waals surface area contributed by atoms with Crippen LogP contribution in [0.5, 0.6) is 5.88 Å². The van der Waals surface area contributed by atoms with Crippen LogP contribution in [0.4, 0.5) is 0 Å². The van der Waals surface area contributed by atoms with E-state index in [0.29, 0.717) is 0 Å². The smallest absolute Gasteiger partial charge is 0.203 e. The summed E-state index contributed by atoms with van der Waals surface area (Å²) >= 11 is 0. The average molecular weight is 249 g/mol. The number of hydrogen-bond acceptors (Lipinski definition) is 1. The monoisotopic (exact) mass is 249 g/mol. The topological polar surface area (TPSA) is 25.2 Å². The molecule has 0 atom stereocenters. The quantitative estimate of drug-likeness (QED) is 0.724. The van der Waals surface area contributed by atoms with Crippen molar-refractivity contribution >= 4 is 16.5 Å². The van der Waals surface area contributed by atoms with Crippen LogP contribution in [-0.2, 0) is 0 Å². The Kier molecular flexibility index (Phi) is 2.64. The molecule has 0 fully saturated rings. The first kappa shape index (κ1) is 11.6. The Morgan fingerprint density at radius 2 is 1.84 bits per heavy atom. The Morgan fingerprint density at radius 3 is 2.58 bits per heavy atom. The minimum absolute atomic E-state index is 0.240. The highest BCUT2D eigenvalue weighted by molar-refractivity contribution is 5.90. The summed E-state index contributed by atoms with van der Waals surface area (Å²) in [5, 5.41) is 12.2. The highest BCUT2D eigenvalue weighted by atomic mass is 16.3. The molecule has 0 unspecified atom stereocenters. The zero-order valence-electron chi connectivity index (χ0n) is 10.8. The van der Waals surface area contributed by atoms with Gasteiger partial charge in [0.1, 0.15) is 0 Å². The molecule has 0 aliphatic heterocycles. The summed E-state index contributed by atoms with van der Waals surface area (Å²) in [6, 6.07) is 15.9. The summed E-state index contributed by atoms with van der Waals surface area (Å²) in [4.78, 5) is 0. The highest BCUT2D eigenvalue weighted by Gasteiger charge is 2.11. The van der Waals surface area contributed by atoms with Crippen LogP contribution < -0.4 is 0 Å². The highest BCUT2D eigenvalue weighted by Crippen LogP contribution is 2.31. The van der Waals surface area contributed by atoms with Gasteiger partial charge in [-0.15, -0.1) is 0 Å². The fraction of sp³-hybridized carbons (Fsp3) is 0.0588. The van der Waals surface area contributed by atoms with E-state index in [-0.39, 0.29) is 5.88 Å². The van der Waals surface area contributed by atoms with Crippen molar-refractivity contribution in [2.75, 3.05) is 0 Å². The normalized spacial score (nSPS) is 10.8. The van der Waals surface area contributed by atoms with Crippen molar-refractivity contribution in [2.45, 2.75) is 6.92 Å². The standard InChI is InChI=1S/C17H15NO/c1-12-8-9-16-15(10-12)11-18(17(16)19)13(2)14-6-4-3-5-7-14/h3-11,19H,2H2,1H3. The summed E-state index contributed by atoms with van der Waals surface area (Å²) in [6.07, 6.45) is 1.92. The molecule has 1 heterocycles. The molecule has 0 aliphatic carbocycles. The maximum Gasteiger partial charge on any atom is 0.203 e. The maximum absolute atomic E-state index is 10.3. The van der Waals surface area contributed by atoms with Crippen LogP contribution in [0, 0.1) is 6.92 Å². The van der Waals surface area contributed by atoms with E-state index in [1.807, 2.05) is 55.6 Å². The minimum Gasteiger partial charge on any atom is -0.494 e. The second-order valence-electron chi connectivity index (χ2n) is 4.73. The predicted molar refractivity (Wildman–Crippen MR) is 79.2 cm³/mol. The molecule has 0 aliphatic rings. The van der Waals surface area contributed by atoms with E-state index in [2.05, 4.69) is 12.6 Å². The van der Waals surface area contributed by atoms with Gasteiger partial charge in [0.2, 0.25) is 5.88 Å². The molecule has 94 valence electrons. The lowest BCUT2D eigenvalue weighted by Crippen LogP contribution is -1.94. The van der Waals surface area contributed by atoms with Crippen LogP contribution in [0.15, 0.2) is 61.3 Å². The van der Waals surface area contributed by atoms with E-state index < -0.39 is 0 Å². The van der Waals surface area contributed by atoms with Gasteiger partial charge in [0, 0.05) is 22.7 Å². The van der Waals surface area contributed by atoms with E-state index in [4.69, 9.17) is 0 Å². The molecular weight excluding hydrogens is 234 g/mol. The van der Waals surface area contributed by atoms with Gasteiger partial charge in [-0.2, -0.15) is 0 Å². The maximum atomic E-state index is 10.3. The Balaban J connectivity index is 2.16. The van der Waals surface area contributed by atoms with Gasteiger partial charge in [-0.25, -0.2) is 0 Å². The Morgan fingerprint density at radius 1 is 1.11 bits per heavy atom. The average Bonchev–Trinajstić information content (AvgIpc) is 2.75. The van der Waals surface area contributed by atoms with Gasteiger partial charge in [0.05, 0.1) is 0 Å². The van der Waals surface area contributed by atoms with Crippen molar-refractivity contribution in [3.8, 4) is 5.88 Å². The first-order chi connectivity index (χ1) is 9.16. The number of aromatic nitrogens is 1. The van der Waals surface area contributed by atoms with Crippen LogP contribution in [0.1, 0.15) is 11.1 Å². The summed E-state index contributed by atoms with van der Waals surface area (Å²) < 4.78 is 1.74. The van der Waals surface area contributed by atoms with E-state index in [1.54, 1.807) is 4.57 Å². The van der Waals surface area contributed by atoms with Gasteiger partial charge in [0.15, 0.2) is 0 Å². The fourth-order valence-electron chi connectivity index (χ4n) is 2.30. The fourth-order valence-corrected chi connectivity index (χ4v) is 2.30. The molecule has 0 bridgehead atoms. The van der Waals surface area contributed by atoms with Crippen molar-refractivity contribution in [3.63, 3.8) is 0 Å². The summed E-state index contributed by atoms with van der Waals surface area (Å²) in [5.74, 6) is 0.240. The Hall–Kier alpha value is -2.48. The largest absolute Gasteiger partial charge is 0.494 e. The van der Waals surface area contributed by atoms with Crippen LogP contribution in [-0.4, -0.2) is 9.67 Å². The van der Waals surface area contributed by atoms with Crippen LogP contribution in [0.25, 0.3) is 16.5 Å². The van der Waals surface area contributed by atoms with Crippen molar-refractivity contribution < 1.29 is 5.11 Å². The zero-order valence-corrected chi connectivity index (χ0v) is 10.8. The number of fused-ring (bicyclic) bond motifs is 1. The molecule has 0 amide bonds. The summed E-state index contributed by atoms with van der Waals surface area (Å²) in [5.41, 5.74) is 2.94. The van der Waals surface area contributed by atoms with E-state index in [0.717, 1.165) is 22.0 Å². The second kappa shape index (κ2) is 4.32. The van der Waals surface area contributed by atoms with Crippen molar-refractivity contribution in [2.24, 2.45) is 0 Å². The molecule has 2 nitrogen and oxygen atoms in total. The number of aromatic hydroxyl groups is 1. The lowest BCUT2D eigenvalue weighted by molar-refractivity contribution is 0.450. The third-order valence-corrected chi connectivity index (χ3v) is 3.34. The Labute approximate surface area is 112 Å². The van der Waals surface area contributed by atoms with Crippen molar-refractivity contribution in [1.29, 1.82) is 0 Å². The summed E-state index contributed by atoms with van der Waals surface area (Å²) in [7, 11) is 0. The van der Waals surface area contributed by atoms with Gasteiger partial charge in [-0.05, 0) is 24.6 Å². The van der Waals surface area contributed by atoms with Crippen molar-refractivity contribution in [3.05, 3.63) is 72.4 Å². The number of hydrogen-bond donors (Lipinski definition) is 1. The number of aryl methyl sites for hydroxylation is 1. The molecule has 19 heavy (non-hydrogen) atoms. The molecule has 0 saturated carbocycles. The molecule has 0 saturated heterocycles. The molecule has 2 aromatic carbocycles. The zero-order chi connectivity index (χ0) is 13.4. The third kappa shape index (κ3) is 1.91. The number of nitrogens with zero attached hydrogens (tertiary/aromatic N) is 1. The lowest BCUT2D eigenvalue weighted by atomic mass is 10.1. The second-order valence-corrected chi connectivity index (χ2v) is 4.73. The SMILES string of the molecule is C=C(c1ccccc1)n1cc2cc(C)ccc2c1O. The number of benzene rings is 2. The first-order valence-electron chi connectivity index (χ1n) is 6.22. The van der Waals surface area contributed by atoms with E-state index in [1.165, 1.54) is 5.56 Å². The molecule has 1 N–H and O–H groups in total. The third-order valence-electron chi connectivity index (χ3n) is 3.34. The van der Waals surface area contributed by atoms with Crippen LogP contribution >= 0.6 is 0 Å². The number of rotatable bonds is 2. The minimum atomic E-state index is 0.240. The lowest BCUT2D eigenvalue weighted by Gasteiger charge is -2.08. The van der Waals surface area contributed by atoms with Gasteiger partial charge in [-0.3, -0.25) is 4.57 Å². The summed E-state index contributed by atoms with van der Waals surface area (Å²) in [6.45, 7) is 6.12. The van der Waals surface area contributed by atoms with Gasteiger partial charge >= 0.3 is 0 Å². The molecule has 2 heteroatoms. The van der Waals surface area contributed by atoms with E-state index in [9.17, 15) is 5.11 Å². The first-order valence-corrected chi connectivity index (χ1v) is 6.22. The predicted octanol–water partition coefficient (Wildman–Crippen LogP) is 4.17. The Bertz CT molecular complexity index is 754. The van der Waals surface area contributed by atoms with Gasteiger partial charge in [-0.1, -0.05) is 48.5 Å². The molecule has 0 spiro atoms. The molecule has 3 rings (SSSR count). The molecule has 3 aromatic rings. The van der Waals surface area contributed by atoms with Gasteiger partial charge < -0.3 is 5.11 Å². The van der Waals surface area contributed by atoms with Gasteiger partial charge in [0.25, 0.3) is 0 Å². The molecular formula is C17H15NO. The van der Waals surface area contributed by atoms with Crippen LogP contribution in [0.2, 0.25) is 0 Å². The van der Waals surface area contributed by atoms with E-state index >= 15 is 0 Å². The molecule has 0 radical (unpaired) electrons. The van der Waals surface area contributed by atoms with Crippen molar-refractivity contribution in [1.82, 2.24) is 4.57 Å².